The predicted octanol–water partition coefficient (Wildman–Crippen LogP) is 3.35. The Bertz CT molecular complexity index is 955. The molecule has 28 heavy (non-hydrogen) atoms. The number of sulfonamides is 1. The Morgan fingerprint density at radius 2 is 1.68 bits per heavy atom. The predicted molar refractivity (Wildman–Crippen MR) is 107 cm³/mol. The van der Waals surface area contributed by atoms with Crippen LogP contribution in [0.3, 0.4) is 0 Å². The topological polar surface area (TPSA) is 66.9 Å². The van der Waals surface area contributed by atoms with Gasteiger partial charge in [-0.3, -0.25) is 4.79 Å². The largest absolute Gasteiger partial charge is 0.497 e. The fraction of sp³-hybridized carbons (Fsp3) is 0.381. The first-order valence-corrected chi connectivity index (χ1v) is 11.0. The molecule has 2 aliphatic heterocycles. The highest BCUT2D eigenvalue weighted by molar-refractivity contribution is 7.89. The van der Waals surface area contributed by atoms with Crippen LogP contribution in [0.1, 0.15) is 37.3 Å². The molecule has 0 N–H and O–H groups in total. The molecule has 2 fully saturated rings. The summed E-state index contributed by atoms with van der Waals surface area (Å²) < 4.78 is 33.3. The summed E-state index contributed by atoms with van der Waals surface area (Å²) >= 11 is 0. The van der Waals surface area contributed by atoms with E-state index < -0.39 is 10.0 Å². The smallest absolute Gasteiger partial charge is 0.243 e. The van der Waals surface area contributed by atoms with Gasteiger partial charge >= 0.3 is 0 Å². The van der Waals surface area contributed by atoms with Gasteiger partial charge in [-0.2, -0.15) is 4.31 Å². The minimum Gasteiger partial charge on any atom is -0.497 e. The molecule has 0 spiro atoms. The number of carbonyl (C=O) groups excluding carboxylic acids is 1. The van der Waals surface area contributed by atoms with Crippen LogP contribution in [0.25, 0.3) is 0 Å². The number of rotatable bonds is 5. The summed E-state index contributed by atoms with van der Waals surface area (Å²) in [6.45, 7) is 1.20. The van der Waals surface area contributed by atoms with Gasteiger partial charge in [0.05, 0.1) is 18.0 Å². The monoisotopic (exact) mass is 400 g/mol. The van der Waals surface area contributed by atoms with E-state index in [1.54, 1.807) is 40.6 Å². The van der Waals surface area contributed by atoms with Crippen molar-refractivity contribution in [2.24, 2.45) is 0 Å². The van der Waals surface area contributed by atoms with Crippen molar-refractivity contribution < 1.29 is 17.9 Å². The van der Waals surface area contributed by atoms with Crippen molar-refractivity contribution in [2.45, 2.75) is 36.6 Å². The quantitative estimate of drug-likeness (QED) is 0.772. The van der Waals surface area contributed by atoms with Crippen molar-refractivity contribution >= 4 is 21.6 Å². The summed E-state index contributed by atoms with van der Waals surface area (Å²) in [6.07, 6.45) is 3.02. The maximum atomic E-state index is 13.3. The highest BCUT2D eigenvalue weighted by atomic mass is 32.2. The van der Waals surface area contributed by atoms with Crippen LogP contribution in [0.15, 0.2) is 53.4 Å². The molecule has 7 heteroatoms. The summed E-state index contributed by atoms with van der Waals surface area (Å²) in [6, 6.07) is 14.1. The lowest BCUT2D eigenvalue weighted by molar-refractivity contribution is -0.117. The Morgan fingerprint density at radius 1 is 0.964 bits per heavy atom. The van der Waals surface area contributed by atoms with Gasteiger partial charge in [0.25, 0.3) is 0 Å². The standard InChI is InChI=1S/C21H24N2O4S/c1-27-18-10-6-16(7-11-18)20-4-2-15-23(20)28(25,26)19-12-8-17(9-13-19)22-14-3-5-21(22)24/h6-13,20H,2-5,14-15H2,1H3/t20-/m0/s1. The van der Waals surface area contributed by atoms with Crippen LogP contribution in [-0.4, -0.2) is 38.8 Å². The van der Waals surface area contributed by atoms with E-state index in [9.17, 15) is 13.2 Å². The maximum absolute atomic E-state index is 13.3. The Labute approximate surface area is 165 Å². The van der Waals surface area contributed by atoms with Gasteiger partial charge in [-0.15, -0.1) is 0 Å². The van der Waals surface area contributed by atoms with Crippen LogP contribution >= 0.6 is 0 Å². The van der Waals surface area contributed by atoms with Crippen molar-refractivity contribution in [3.8, 4) is 5.75 Å². The number of ether oxygens (including phenoxy) is 1. The number of carbonyl (C=O) groups is 1. The second kappa shape index (κ2) is 7.56. The average Bonchev–Trinajstić information content (AvgIpc) is 3.38. The lowest BCUT2D eigenvalue weighted by Crippen LogP contribution is -2.30. The van der Waals surface area contributed by atoms with E-state index in [4.69, 9.17) is 4.74 Å². The van der Waals surface area contributed by atoms with E-state index in [0.29, 0.717) is 19.5 Å². The van der Waals surface area contributed by atoms with Gasteiger partial charge in [0.15, 0.2) is 0 Å². The molecule has 0 aromatic heterocycles. The summed E-state index contributed by atoms with van der Waals surface area (Å²) in [5.74, 6) is 0.845. The number of anilines is 1. The summed E-state index contributed by atoms with van der Waals surface area (Å²) in [7, 11) is -2.00. The van der Waals surface area contributed by atoms with Gasteiger partial charge in [-0.05, 0) is 61.2 Å². The first kappa shape index (κ1) is 19.0. The van der Waals surface area contributed by atoms with Crippen LogP contribution in [0.5, 0.6) is 5.75 Å². The van der Waals surface area contributed by atoms with E-state index in [0.717, 1.165) is 36.3 Å². The molecule has 0 unspecified atom stereocenters. The minimum atomic E-state index is -3.61. The van der Waals surface area contributed by atoms with Crippen LogP contribution in [0, 0.1) is 0 Å². The van der Waals surface area contributed by atoms with E-state index in [1.807, 2.05) is 24.3 Å². The molecular weight excluding hydrogens is 376 g/mol. The van der Waals surface area contributed by atoms with Gasteiger partial charge in [0, 0.05) is 25.2 Å². The number of hydrogen-bond donors (Lipinski definition) is 0. The van der Waals surface area contributed by atoms with Crippen molar-refractivity contribution in [1.29, 1.82) is 0 Å². The zero-order valence-electron chi connectivity index (χ0n) is 15.9. The SMILES string of the molecule is COc1ccc([C@@H]2CCCN2S(=O)(=O)c2ccc(N3CCCC3=O)cc2)cc1. The molecule has 148 valence electrons. The van der Waals surface area contributed by atoms with Crippen molar-refractivity contribution in [3.63, 3.8) is 0 Å². The first-order chi connectivity index (χ1) is 13.5. The Kier molecular flexibility index (Phi) is 5.12. The Morgan fingerprint density at radius 3 is 2.29 bits per heavy atom. The molecule has 0 aliphatic carbocycles. The number of nitrogens with zero attached hydrogens (tertiary/aromatic N) is 2. The molecule has 1 amide bonds. The highest BCUT2D eigenvalue weighted by Gasteiger charge is 2.36. The van der Waals surface area contributed by atoms with Gasteiger partial charge in [-0.1, -0.05) is 12.1 Å². The fourth-order valence-electron chi connectivity index (χ4n) is 4.04. The second-order valence-corrected chi connectivity index (χ2v) is 9.08. The first-order valence-electron chi connectivity index (χ1n) is 9.57. The third kappa shape index (κ3) is 3.40. The molecule has 2 heterocycles. The number of benzene rings is 2. The molecule has 2 aromatic rings. The third-order valence-electron chi connectivity index (χ3n) is 5.53. The molecule has 2 aromatic carbocycles. The minimum absolute atomic E-state index is 0.0923. The van der Waals surface area contributed by atoms with E-state index in [-0.39, 0.29) is 16.8 Å². The Balaban J connectivity index is 1.58. The van der Waals surface area contributed by atoms with E-state index in [1.165, 1.54) is 0 Å². The third-order valence-corrected chi connectivity index (χ3v) is 7.46. The molecule has 2 saturated heterocycles. The molecule has 0 bridgehead atoms. The van der Waals surface area contributed by atoms with Gasteiger partial charge < -0.3 is 9.64 Å². The van der Waals surface area contributed by atoms with Crippen molar-refractivity contribution in [3.05, 3.63) is 54.1 Å². The zero-order chi connectivity index (χ0) is 19.7. The fourth-order valence-corrected chi connectivity index (χ4v) is 5.72. The van der Waals surface area contributed by atoms with Crippen LogP contribution in [-0.2, 0) is 14.8 Å². The van der Waals surface area contributed by atoms with Crippen molar-refractivity contribution in [2.75, 3.05) is 25.1 Å². The molecule has 6 nitrogen and oxygen atoms in total. The van der Waals surface area contributed by atoms with Crippen LogP contribution < -0.4 is 9.64 Å². The van der Waals surface area contributed by atoms with E-state index in [2.05, 4.69) is 0 Å². The maximum Gasteiger partial charge on any atom is 0.243 e. The molecular formula is C21H24N2O4S. The van der Waals surface area contributed by atoms with Crippen molar-refractivity contribution in [1.82, 2.24) is 4.31 Å². The number of methoxy groups -OCH3 is 1. The second-order valence-electron chi connectivity index (χ2n) is 7.19. The lowest BCUT2D eigenvalue weighted by atomic mass is 10.1. The number of hydrogen-bond acceptors (Lipinski definition) is 4. The van der Waals surface area contributed by atoms with Gasteiger partial charge in [0.2, 0.25) is 15.9 Å². The van der Waals surface area contributed by atoms with E-state index >= 15 is 0 Å². The lowest BCUT2D eigenvalue weighted by Gasteiger charge is -2.25. The molecule has 0 radical (unpaired) electrons. The summed E-state index contributed by atoms with van der Waals surface area (Å²) in [5.41, 5.74) is 1.73. The Hall–Kier alpha value is -2.38. The molecule has 2 aliphatic rings. The highest BCUT2D eigenvalue weighted by Crippen LogP contribution is 2.37. The zero-order valence-corrected chi connectivity index (χ0v) is 16.7. The van der Waals surface area contributed by atoms with Gasteiger partial charge in [-0.25, -0.2) is 8.42 Å². The number of amides is 1. The van der Waals surface area contributed by atoms with Crippen LogP contribution in [0.4, 0.5) is 5.69 Å². The summed E-state index contributed by atoms with van der Waals surface area (Å²) in [5, 5.41) is 0. The molecule has 0 saturated carbocycles. The normalized spacial score (nSPS) is 20.7. The van der Waals surface area contributed by atoms with Gasteiger partial charge in [0.1, 0.15) is 5.75 Å². The molecule has 4 rings (SSSR count). The molecule has 1 atom stereocenters. The average molecular weight is 401 g/mol. The van der Waals surface area contributed by atoms with Crippen LogP contribution in [0.2, 0.25) is 0 Å². The summed E-state index contributed by atoms with van der Waals surface area (Å²) in [4.78, 5) is 13.9.